The Morgan fingerprint density at radius 1 is 0.935 bits per heavy atom. The fourth-order valence-electron chi connectivity index (χ4n) is 4.31. The van der Waals surface area contributed by atoms with Crippen molar-refractivity contribution >= 4 is 5.71 Å². The van der Waals surface area contributed by atoms with Crippen LogP contribution in [0.5, 0.6) is 5.75 Å². The maximum atomic E-state index is 10.4. The maximum absolute atomic E-state index is 10.4. The zero-order chi connectivity index (χ0) is 21.3. The minimum atomic E-state index is 0.295. The van der Waals surface area contributed by atoms with E-state index in [1.807, 2.05) is 36.4 Å². The predicted molar refractivity (Wildman–Crippen MR) is 127 cm³/mol. The van der Waals surface area contributed by atoms with E-state index < -0.39 is 0 Å². The second-order valence-electron chi connectivity index (χ2n) is 8.33. The Labute approximate surface area is 185 Å². The van der Waals surface area contributed by atoms with Gasteiger partial charge in [-0.05, 0) is 68.1 Å². The van der Waals surface area contributed by atoms with Gasteiger partial charge in [0.25, 0.3) is 0 Å². The van der Waals surface area contributed by atoms with Gasteiger partial charge in [0.2, 0.25) is 0 Å². The highest BCUT2D eigenvalue weighted by Gasteiger charge is 2.20. The molecule has 31 heavy (non-hydrogen) atoms. The van der Waals surface area contributed by atoms with Crippen LogP contribution in [0.4, 0.5) is 0 Å². The summed E-state index contributed by atoms with van der Waals surface area (Å²) < 4.78 is 0. The Balaban J connectivity index is 1.35. The highest BCUT2D eigenvalue weighted by molar-refractivity contribution is 6.02. The first-order valence-corrected chi connectivity index (χ1v) is 11.3. The van der Waals surface area contributed by atoms with Gasteiger partial charge in [0.05, 0.1) is 12.2 Å². The van der Waals surface area contributed by atoms with Gasteiger partial charge in [0.15, 0.2) is 0 Å². The molecule has 2 heterocycles. The molecular weight excluding hydrogens is 382 g/mol. The second kappa shape index (κ2) is 10.9. The number of likely N-dealkylation sites (tertiary alicyclic amines) is 1. The van der Waals surface area contributed by atoms with Crippen molar-refractivity contribution in [2.45, 2.75) is 32.2 Å². The lowest BCUT2D eigenvalue weighted by atomic mass is 9.90. The van der Waals surface area contributed by atoms with Crippen LogP contribution < -0.4 is 0 Å². The number of nitrogens with zero attached hydrogens (tertiary/aromatic N) is 3. The highest BCUT2D eigenvalue weighted by atomic mass is 16.3. The van der Waals surface area contributed by atoms with Gasteiger partial charge in [-0.15, -0.1) is 0 Å². The van der Waals surface area contributed by atoms with E-state index in [1.54, 1.807) is 12.3 Å². The van der Waals surface area contributed by atoms with Crippen molar-refractivity contribution in [1.82, 2.24) is 9.88 Å². The van der Waals surface area contributed by atoms with E-state index in [-0.39, 0.29) is 0 Å². The van der Waals surface area contributed by atoms with Gasteiger partial charge >= 0.3 is 0 Å². The topological polar surface area (TPSA) is 48.7 Å². The number of hydrogen-bond acceptors (Lipinski definition) is 4. The summed E-state index contributed by atoms with van der Waals surface area (Å²) in [6.45, 7) is 3.76. The minimum absolute atomic E-state index is 0.295. The number of aliphatic imine (C=N–C) groups is 1. The summed E-state index contributed by atoms with van der Waals surface area (Å²) in [6, 6.07) is 24.2. The highest BCUT2D eigenvalue weighted by Crippen LogP contribution is 2.23. The monoisotopic (exact) mass is 413 g/mol. The van der Waals surface area contributed by atoms with Crippen molar-refractivity contribution in [3.05, 3.63) is 95.8 Å². The summed E-state index contributed by atoms with van der Waals surface area (Å²) in [6.07, 6.45) is 6.29. The number of aromatic nitrogens is 1. The van der Waals surface area contributed by atoms with Gasteiger partial charge in [0.1, 0.15) is 5.75 Å². The Morgan fingerprint density at radius 2 is 1.68 bits per heavy atom. The van der Waals surface area contributed by atoms with E-state index in [4.69, 9.17) is 4.99 Å². The molecule has 0 saturated carbocycles. The normalized spacial score (nSPS) is 15.8. The number of hydrogen-bond donors (Lipinski definition) is 1. The molecule has 0 unspecified atom stereocenters. The first-order valence-electron chi connectivity index (χ1n) is 11.3. The Hall–Kier alpha value is -2.98. The molecule has 0 bridgehead atoms. The molecule has 3 aromatic rings. The van der Waals surface area contributed by atoms with Crippen LogP contribution in [0.2, 0.25) is 0 Å². The number of benzene rings is 2. The standard InChI is InChI=1S/C27H31N3O/c31-27-12-5-4-11-25(27)26(29-21-24-10-6-7-16-28-24)15-19-30-17-13-23(14-18-30)20-22-8-2-1-3-9-22/h1-12,16,23,31H,13-15,17-21H2/b29-26+. The summed E-state index contributed by atoms with van der Waals surface area (Å²) in [5.41, 5.74) is 4.18. The second-order valence-corrected chi connectivity index (χ2v) is 8.33. The zero-order valence-corrected chi connectivity index (χ0v) is 18.0. The van der Waals surface area contributed by atoms with Gasteiger partial charge in [-0.1, -0.05) is 48.5 Å². The van der Waals surface area contributed by atoms with Crippen LogP contribution >= 0.6 is 0 Å². The fraction of sp³-hybridized carbons (Fsp3) is 0.333. The van der Waals surface area contributed by atoms with E-state index >= 15 is 0 Å². The van der Waals surface area contributed by atoms with Gasteiger partial charge in [0, 0.05) is 30.4 Å². The van der Waals surface area contributed by atoms with E-state index in [1.165, 1.54) is 24.8 Å². The number of piperidine rings is 1. The Kier molecular flexibility index (Phi) is 7.46. The summed E-state index contributed by atoms with van der Waals surface area (Å²) in [4.78, 5) is 11.8. The lowest BCUT2D eigenvalue weighted by Gasteiger charge is -2.32. The lowest BCUT2D eigenvalue weighted by Crippen LogP contribution is -2.35. The van der Waals surface area contributed by atoms with Crippen LogP contribution in [0.25, 0.3) is 0 Å². The largest absolute Gasteiger partial charge is 0.507 e. The van der Waals surface area contributed by atoms with Crippen LogP contribution in [-0.2, 0) is 13.0 Å². The summed E-state index contributed by atoms with van der Waals surface area (Å²) in [7, 11) is 0. The van der Waals surface area contributed by atoms with Crippen LogP contribution in [-0.4, -0.2) is 40.3 Å². The number of aromatic hydroxyl groups is 1. The van der Waals surface area contributed by atoms with E-state index in [9.17, 15) is 5.11 Å². The molecule has 1 N–H and O–H groups in total. The number of phenols is 1. The first-order chi connectivity index (χ1) is 15.3. The first kappa shape index (κ1) is 21.3. The summed E-state index contributed by atoms with van der Waals surface area (Å²) in [5, 5.41) is 10.4. The molecule has 1 fully saturated rings. The smallest absolute Gasteiger partial charge is 0.124 e. The SMILES string of the molecule is Oc1ccccc1/C(CCN1CCC(Cc2ccccc2)CC1)=N/Cc1ccccn1. The molecule has 1 saturated heterocycles. The average molecular weight is 414 g/mol. The Bertz CT molecular complexity index is 964. The van der Waals surface area contributed by atoms with E-state index in [2.05, 4.69) is 40.2 Å². The molecule has 0 atom stereocenters. The Morgan fingerprint density at radius 3 is 2.42 bits per heavy atom. The quantitative estimate of drug-likeness (QED) is 0.521. The van der Waals surface area contributed by atoms with Crippen molar-refractivity contribution in [3.8, 4) is 5.75 Å². The van der Waals surface area contributed by atoms with Crippen LogP contribution in [0.1, 0.15) is 36.1 Å². The zero-order valence-electron chi connectivity index (χ0n) is 18.0. The van der Waals surface area contributed by atoms with Crippen molar-refractivity contribution in [3.63, 3.8) is 0 Å². The number of pyridine rings is 1. The lowest BCUT2D eigenvalue weighted by molar-refractivity contribution is 0.188. The molecule has 1 aliphatic heterocycles. The molecule has 0 amide bonds. The molecule has 0 radical (unpaired) electrons. The number of phenolic OH excluding ortho intramolecular Hbond substituents is 1. The van der Waals surface area contributed by atoms with Gasteiger partial charge in [-0.3, -0.25) is 9.98 Å². The van der Waals surface area contributed by atoms with Crippen LogP contribution in [0, 0.1) is 5.92 Å². The molecule has 0 aliphatic carbocycles. The van der Waals surface area contributed by atoms with Gasteiger partial charge in [-0.25, -0.2) is 0 Å². The average Bonchev–Trinajstić information content (AvgIpc) is 2.82. The summed E-state index contributed by atoms with van der Waals surface area (Å²) >= 11 is 0. The molecule has 4 rings (SSSR count). The minimum Gasteiger partial charge on any atom is -0.507 e. The molecule has 0 spiro atoms. The van der Waals surface area contributed by atoms with E-state index in [0.29, 0.717) is 12.3 Å². The van der Waals surface area contributed by atoms with Crippen LogP contribution in [0.15, 0.2) is 84.0 Å². The molecular formula is C27H31N3O. The fourth-order valence-corrected chi connectivity index (χ4v) is 4.31. The van der Waals surface area contributed by atoms with Crippen molar-refractivity contribution in [2.24, 2.45) is 10.9 Å². The van der Waals surface area contributed by atoms with Crippen LogP contribution in [0.3, 0.4) is 0 Å². The third-order valence-electron chi connectivity index (χ3n) is 6.11. The van der Waals surface area contributed by atoms with E-state index in [0.717, 1.165) is 48.9 Å². The van der Waals surface area contributed by atoms with Crippen molar-refractivity contribution < 1.29 is 5.11 Å². The van der Waals surface area contributed by atoms with Crippen molar-refractivity contribution in [1.29, 1.82) is 0 Å². The number of para-hydroxylation sites is 1. The molecule has 4 nitrogen and oxygen atoms in total. The molecule has 4 heteroatoms. The molecule has 1 aliphatic rings. The summed E-state index contributed by atoms with van der Waals surface area (Å²) in [5.74, 6) is 1.07. The third kappa shape index (κ3) is 6.25. The van der Waals surface area contributed by atoms with Gasteiger partial charge < -0.3 is 10.0 Å². The van der Waals surface area contributed by atoms with Gasteiger partial charge in [-0.2, -0.15) is 0 Å². The molecule has 160 valence electrons. The third-order valence-corrected chi connectivity index (χ3v) is 6.11. The predicted octanol–water partition coefficient (Wildman–Crippen LogP) is 5.12. The van der Waals surface area contributed by atoms with Crippen molar-refractivity contribution in [2.75, 3.05) is 19.6 Å². The maximum Gasteiger partial charge on any atom is 0.124 e. The molecule has 2 aromatic carbocycles. The number of rotatable bonds is 8. The molecule has 1 aromatic heterocycles.